The molecule has 0 saturated heterocycles. The number of methoxy groups -OCH3 is 1. The Balaban J connectivity index is 1.99. The summed E-state index contributed by atoms with van der Waals surface area (Å²) in [4.78, 5) is 11.6. The molecule has 22 heavy (non-hydrogen) atoms. The van der Waals surface area contributed by atoms with Crippen LogP contribution >= 0.6 is 0 Å². The van der Waals surface area contributed by atoms with E-state index in [1.807, 2.05) is 0 Å². The topological polar surface area (TPSA) is 105 Å². The van der Waals surface area contributed by atoms with Crippen LogP contribution in [0.15, 0.2) is 53.4 Å². The molecule has 2 amide bonds. The highest BCUT2D eigenvalue weighted by molar-refractivity contribution is 7.85. The third kappa shape index (κ3) is 4.21. The minimum absolute atomic E-state index is 0.242. The summed E-state index contributed by atoms with van der Waals surface area (Å²) in [6.45, 7) is 0. The number of ether oxygens (including phenoxy) is 1. The predicted octanol–water partition coefficient (Wildman–Crippen LogP) is 2.59. The molecular weight excluding hydrogens is 308 g/mol. The summed E-state index contributed by atoms with van der Waals surface area (Å²) in [5.41, 5.74) is 0.964. The number of rotatable bonds is 4. The van der Waals surface area contributed by atoms with Gasteiger partial charge < -0.3 is 15.4 Å². The number of anilines is 2. The number of amides is 2. The summed E-state index contributed by atoms with van der Waals surface area (Å²) < 4.78 is 35.7. The number of nitrogens with one attached hydrogen (secondary N) is 2. The van der Waals surface area contributed by atoms with Crippen LogP contribution in [0.5, 0.6) is 5.75 Å². The Bertz CT molecular complexity index is 755. The minimum Gasteiger partial charge on any atom is -0.497 e. The first-order chi connectivity index (χ1) is 10.4. The minimum atomic E-state index is -4.24. The summed E-state index contributed by atoms with van der Waals surface area (Å²) in [7, 11) is -2.70. The molecule has 0 heterocycles. The lowest BCUT2D eigenvalue weighted by Crippen LogP contribution is -2.19. The molecule has 0 unspecified atom stereocenters. The van der Waals surface area contributed by atoms with Crippen molar-refractivity contribution in [1.82, 2.24) is 0 Å². The van der Waals surface area contributed by atoms with Crippen LogP contribution in [-0.2, 0) is 10.1 Å². The average molecular weight is 322 g/mol. The number of hydrogen-bond acceptors (Lipinski definition) is 4. The van der Waals surface area contributed by atoms with Gasteiger partial charge in [-0.3, -0.25) is 4.55 Å². The fraction of sp³-hybridized carbons (Fsp3) is 0.0714. The first-order valence-corrected chi connectivity index (χ1v) is 7.62. The van der Waals surface area contributed by atoms with Gasteiger partial charge in [0.2, 0.25) is 0 Å². The highest BCUT2D eigenvalue weighted by Gasteiger charge is 2.09. The Morgan fingerprint density at radius 3 is 1.82 bits per heavy atom. The largest absolute Gasteiger partial charge is 0.497 e. The van der Waals surface area contributed by atoms with Crippen molar-refractivity contribution in [2.75, 3.05) is 17.7 Å². The zero-order chi connectivity index (χ0) is 16.2. The van der Waals surface area contributed by atoms with Gasteiger partial charge in [-0.05, 0) is 48.5 Å². The number of benzene rings is 2. The molecule has 0 spiro atoms. The van der Waals surface area contributed by atoms with Gasteiger partial charge in [-0.1, -0.05) is 0 Å². The van der Waals surface area contributed by atoms with Crippen LogP contribution in [-0.4, -0.2) is 26.1 Å². The second kappa shape index (κ2) is 6.46. The van der Waals surface area contributed by atoms with Gasteiger partial charge in [0.1, 0.15) is 5.75 Å². The highest BCUT2D eigenvalue weighted by Crippen LogP contribution is 2.16. The molecule has 0 fully saturated rings. The zero-order valence-corrected chi connectivity index (χ0v) is 12.4. The molecule has 7 nitrogen and oxygen atoms in total. The Morgan fingerprint density at radius 2 is 1.41 bits per heavy atom. The van der Waals surface area contributed by atoms with Crippen LogP contribution in [0.1, 0.15) is 0 Å². The molecule has 2 aromatic carbocycles. The second-order valence-electron chi connectivity index (χ2n) is 4.31. The lowest BCUT2D eigenvalue weighted by atomic mass is 10.3. The van der Waals surface area contributed by atoms with E-state index in [1.54, 1.807) is 31.4 Å². The molecule has 116 valence electrons. The Hall–Kier alpha value is -2.58. The Morgan fingerprint density at radius 1 is 0.955 bits per heavy atom. The van der Waals surface area contributed by atoms with Gasteiger partial charge in [-0.25, -0.2) is 4.79 Å². The summed E-state index contributed by atoms with van der Waals surface area (Å²) in [5, 5.41) is 5.15. The van der Waals surface area contributed by atoms with E-state index >= 15 is 0 Å². The monoisotopic (exact) mass is 322 g/mol. The maximum atomic E-state index is 11.8. The van der Waals surface area contributed by atoms with E-state index in [-0.39, 0.29) is 4.90 Å². The van der Waals surface area contributed by atoms with Gasteiger partial charge in [-0.15, -0.1) is 0 Å². The first kappa shape index (κ1) is 15.8. The third-order valence-corrected chi connectivity index (χ3v) is 3.63. The van der Waals surface area contributed by atoms with Gasteiger partial charge in [0, 0.05) is 11.4 Å². The van der Waals surface area contributed by atoms with Crippen molar-refractivity contribution in [2.45, 2.75) is 4.90 Å². The van der Waals surface area contributed by atoms with Gasteiger partial charge in [0.15, 0.2) is 0 Å². The van der Waals surface area contributed by atoms with E-state index in [0.29, 0.717) is 17.1 Å². The van der Waals surface area contributed by atoms with Crippen molar-refractivity contribution in [2.24, 2.45) is 0 Å². The maximum absolute atomic E-state index is 11.8. The Labute approximate surface area is 127 Å². The van der Waals surface area contributed by atoms with E-state index < -0.39 is 16.1 Å². The summed E-state index contributed by atoms with van der Waals surface area (Å²) >= 11 is 0. The van der Waals surface area contributed by atoms with Crippen LogP contribution in [0.2, 0.25) is 0 Å². The molecule has 8 heteroatoms. The number of carbonyl (C=O) groups excluding carboxylic acids is 1. The van der Waals surface area contributed by atoms with Crippen molar-refractivity contribution < 1.29 is 22.5 Å². The molecular formula is C14H14N2O5S. The zero-order valence-electron chi connectivity index (χ0n) is 11.6. The van der Waals surface area contributed by atoms with Gasteiger partial charge in [0.05, 0.1) is 12.0 Å². The summed E-state index contributed by atoms with van der Waals surface area (Å²) in [5.74, 6) is 0.673. The van der Waals surface area contributed by atoms with Crippen molar-refractivity contribution in [3.8, 4) is 5.75 Å². The molecule has 0 saturated carbocycles. The fourth-order valence-corrected chi connectivity index (χ4v) is 2.16. The number of carbonyl (C=O) groups is 1. The SMILES string of the molecule is COc1ccc(NC(=O)Nc2ccc(S(=O)(=O)O)cc2)cc1. The molecule has 0 aliphatic carbocycles. The van der Waals surface area contributed by atoms with Gasteiger partial charge >= 0.3 is 6.03 Å². The molecule has 0 aromatic heterocycles. The lowest BCUT2D eigenvalue weighted by molar-refractivity contribution is 0.262. The predicted molar refractivity (Wildman–Crippen MR) is 81.9 cm³/mol. The summed E-state index contributed by atoms with van der Waals surface area (Å²) in [6.07, 6.45) is 0. The van der Waals surface area contributed by atoms with E-state index in [1.165, 1.54) is 24.3 Å². The molecule has 3 N–H and O–H groups in total. The quantitative estimate of drug-likeness (QED) is 0.750. The maximum Gasteiger partial charge on any atom is 0.323 e. The first-order valence-electron chi connectivity index (χ1n) is 6.18. The normalized spacial score (nSPS) is 10.8. The van der Waals surface area contributed by atoms with Gasteiger partial charge in [-0.2, -0.15) is 8.42 Å². The van der Waals surface area contributed by atoms with E-state index in [2.05, 4.69) is 10.6 Å². The molecule has 0 bridgehead atoms. The van der Waals surface area contributed by atoms with E-state index in [9.17, 15) is 13.2 Å². The average Bonchev–Trinajstić information content (AvgIpc) is 2.47. The standard InChI is InChI=1S/C14H14N2O5S/c1-21-12-6-2-10(3-7-12)15-14(17)16-11-4-8-13(9-5-11)22(18,19)20/h2-9H,1H3,(H2,15,16,17)(H,18,19,20). The third-order valence-electron chi connectivity index (χ3n) is 2.76. The molecule has 0 aliphatic heterocycles. The van der Waals surface area contributed by atoms with E-state index in [0.717, 1.165) is 0 Å². The molecule has 2 aromatic rings. The van der Waals surface area contributed by atoms with Crippen LogP contribution in [0.25, 0.3) is 0 Å². The fourth-order valence-electron chi connectivity index (χ4n) is 1.68. The molecule has 0 aliphatic rings. The highest BCUT2D eigenvalue weighted by atomic mass is 32.2. The Kier molecular flexibility index (Phi) is 4.64. The number of hydrogen-bond donors (Lipinski definition) is 3. The van der Waals surface area contributed by atoms with Crippen LogP contribution < -0.4 is 15.4 Å². The lowest BCUT2D eigenvalue weighted by Gasteiger charge is -2.08. The van der Waals surface area contributed by atoms with Crippen molar-refractivity contribution in [3.63, 3.8) is 0 Å². The smallest absolute Gasteiger partial charge is 0.323 e. The van der Waals surface area contributed by atoms with Crippen molar-refractivity contribution in [1.29, 1.82) is 0 Å². The van der Waals surface area contributed by atoms with Gasteiger partial charge in [0.25, 0.3) is 10.1 Å². The van der Waals surface area contributed by atoms with Crippen molar-refractivity contribution in [3.05, 3.63) is 48.5 Å². The van der Waals surface area contributed by atoms with Crippen LogP contribution in [0, 0.1) is 0 Å². The van der Waals surface area contributed by atoms with Crippen molar-refractivity contribution >= 4 is 27.5 Å². The summed E-state index contributed by atoms with van der Waals surface area (Å²) in [6, 6.07) is 11.4. The molecule has 2 rings (SSSR count). The van der Waals surface area contributed by atoms with Crippen LogP contribution in [0.3, 0.4) is 0 Å². The molecule has 0 atom stereocenters. The van der Waals surface area contributed by atoms with Crippen LogP contribution in [0.4, 0.5) is 16.2 Å². The number of urea groups is 1. The van der Waals surface area contributed by atoms with E-state index in [4.69, 9.17) is 9.29 Å². The molecule has 0 radical (unpaired) electrons. The second-order valence-corrected chi connectivity index (χ2v) is 5.73.